The molecule has 2 heterocycles. The number of hydrogen-bond acceptors (Lipinski definition) is 5. The standard InChI is InChI=1S/C30H38FN5O3S/c1-20-13-14-25(26(31)16-20)28-18-32-29(34-28)23(4)33-30(37)27(17-22(3)36-15-9-8-10-21(36)2)35-40(38,39)19-24-11-6-5-7-12-24/h5-7,11-14,16,18,21,23,27,35H,3,8-10,15,17,19H2,1-2,4H3,(H,32,34)(H,33,37)/t21-,23-,27-/m0/s1. The second-order valence-corrected chi connectivity index (χ2v) is 12.4. The molecule has 8 nitrogen and oxygen atoms in total. The van der Waals surface area contributed by atoms with E-state index in [4.69, 9.17) is 0 Å². The van der Waals surface area contributed by atoms with Gasteiger partial charge in [-0.05, 0) is 63.3 Å². The zero-order valence-electron chi connectivity index (χ0n) is 23.3. The number of aryl methyl sites for hydroxylation is 1. The molecule has 3 aromatic rings. The molecule has 0 bridgehead atoms. The molecule has 1 amide bonds. The van der Waals surface area contributed by atoms with Gasteiger partial charge in [0.1, 0.15) is 17.7 Å². The number of nitrogens with one attached hydrogen (secondary N) is 3. The third-order valence-corrected chi connectivity index (χ3v) is 8.62. The monoisotopic (exact) mass is 567 g/mol. The van der Waals surface area contributed by atoms with Gasteiger partial charge < -0.3 is 15.2 Å². The molecule has 2 aromatic carbocycles. The van der Waals surface area contributed by atoms with Crippen LogP contribution in [-0.2, 0) is 20.6 Å². The summed E-state index contributed by atoms with van der Waals surface area (Å²) in [4.78, 5) is 23.1. The van der Waals surface area contributed by atoms with Crippen LogP contribution in [0.15, 0.2) is 67.0 Å². The Labute approximate surface area is 236 Å². The summed E-state index contributed by atoms with van der Waals surface area (Å²) in [6, 6.07) is 12.4. The highest BCUT2D eigenvalue weighted by molar-refractivity contribution is 7.88. The van der Waals surface area contributed by atoms with Crippen molar-refractivity contribution in [2.24, 2.45) is 0 Å². The number of piperidine rings is 1. The Kier molecular flexibility index (Phi) is 9.42. The van der Waals surface area contributed by atoms with Crippen molar-refractivity contribution in [3.8, 4) is 11.3 Å². The Hall–Kier alpha value is -3.50. The summed E-state index contributed by atoms with van der Waals surface area (Å²) >= 11 is 0. The largest absolute Gasteiger partial charge is 0.373 e. The van der Waals surface area contributed by atoms with Gasteiger partial charge in [0.25, 0.3) is 0 Å². The van der Waals surface area contributed by atoms with E-state index in [0.29, 0.717) is 22.6 Å². The summed E-state index contributed by atoms with van der Waals surface area (Å²) in [5.41, 5.74) is 3.01. The smallest absolute Gasteiger partial charge is 0.239 e. The molecule has 0 radical (unpaired) electrons. The highest BCUT2D eigenvalue weighted by Crippen LogP contribution is 2.25. The summed E-state index contributed by atoms with van der Waals surface area (Å²) in [5, 5.41) is 2.88. The summed E-state index contributed by atoms with van der Waals surface area (Å²) < 4.78 is 43.3. The Morgan fingerprint density at radius 3 is 2.67 bits per heavy atom. The van der Waals surface area contributed by atoms with Gasteiger partial charge in [-0.25, -0.2) is 22.5 Å². The molecule has 0 saturated carbocycles. The van der Waals surface area contributed by atoms with Crippen molar-refractivity contribution < 1.29 is 17.6 Å². The van der Waals surface area contributed by atoms with Crippen molar-refractivity contribution in [1.82, 2.24) is 24.9 Å². The van der Waals surface area contributed by atoms with Gasteiger partial charge in [0.15, 0.2) is 0 Å². The minimum absolute atomic E-state index is 0.134. The average Bonchev–Trinajstić information content (AvgIpc) is 3.39. The second-order valence-electron chi connectivity index (χ2n) is 10.6. The van der Waals surface area contributed by atoms with Gasteiger partial charge in [-0.2, -0.15) is 0 Å². The minimum atomic E-state index is -3.84. The van der Waals surface area contributed by atoms with Gasteiger partial charge >= 0.3 is 0 Å². The lowest BCUT2D eigenvalue weighted by Gasteiger charge is -2.37. The maximum Gasteiger partial charge on any atom is 0.239 e. The molecule has 0 spiro atoms. The third kappa shape index (κ3) is 7.57. The molecule has 214 valence electrons. The molecular weight excluding hydrogens is 529 g/mol. The minimum Gasteiger partial charge on any atom is -0.373 e. The first kappa shape index (κ1) is 29.5. The predicted molar refractivity (Wildman–Crippen MR) is 155 cm³/mol. The fraction of sp³-hybridized carbons (Fsp3) is 0.400. The van der Waals surface area contributed by atoms with E-state index in [2.05, 4.69) is 38.4 Å². The van der Waals surface area contributed by atoms with E-state index >= 15 is 0 Å². The molecule has 4 rings (SSSR count). The molecule has 10 heteroatoms. The van der Waals surface area contributed by atoms with Crippen molar-refractivity contribution in [3.63, 3.8) is 0 Å². The van der Waals surface area contributed by atoms with E-state index in [9.17, 15) is 17.6 Å². The number of hydrogen-bond donors (Lipinski definition) is 3. The van der Waals surface area contributed by atoms with Crippen molar-refractivity contribution in [2.75, 3.05) is 6.54 Å². The first-order valence-corrected chi connectivity index (χ1v) is 15.3. The van der Waals surface area contributed by atoms with E-state index in [-0.39, 0.29) is 24.0 Å². The second kappa shape index (κ2) is 12.8. The van der Waals surface area contributed by atoms with Crippen molar-refractivity contribution in [3.05, 3.63) is 89.8 Å². The van der Waals surface area contributed by atoms with Crippen molar-refractivity contribution in [1.29, 1.82) is 0 Å². The van der Waals surface area contributed by atoms with Crippen LogP contribution < -0.4 is 10.0 Å². The zero-order valence-corrected chi connectivity index (χ0v) is 24.1. The highest BCUT2D eigenvalue weighted by Gasteiger charge is 2.30. The molecule has 0 unspecified atom stereocenters. The van der Waals surface area contributed by atoms with Crippen LogP contribution in [0.25, 0.3) is 11.3 Å². The molecule has 1 aliphatic rings. The SMILES string of the molecule is C=C(C[C@H](NS(=O)(=O)Cc1ccccc1)C(=O)N[C@@H](C)c1ncc(-c2ccc(C)cc2F)[nH]1)N1CCCC[C@@H]1C. The van der Waals surface area contributed by atoms with Gasteiger partial charge in [-0.15, -0.1) is 0 Å². The van der Waals surface area contributed by atoms with Crippen molar-refractivity contribution in [2.45, 2.75) is 70.3 Å². The van der Waals surface area contributed by atoms with E-state index in [0.717, 1.165) is 37.1 Å². The molecule has 1 fully saturated rings. The lowest BCUT2D eigenvalue weighted by Crippen LogP contribution is -2.49. The number of rotatable bonds is 11. The summed E-state index contributed by atoms with van der Waals surface area (Å²) in [7, 11) is -3.84. The Morgan fingerprint density at radius 2 is 1.98 bits per heavy atom. The van der Waals surface area contributed by atoms with E-state index in [1.54, 1.807) is 37.3 Å². The molecule has 40 heavy (non-hydrogen) atoms. The molecule has 1 aliphatic heterocycles. The Bertz CT molecular complexity index is 1440. The maximum absolute atomic E-state index is 14.5. The molecule has 3 atom stereocenters. The maximum atomic E-state index is 14.5. The normalized spacial score (nSPS) is 17.3. The number of carbonyl (C=O) groups is 1. The number of imidazole rings is 1. The highest BCUT2D eigenvalue weighted by atomic mass is 32.2. The number of aromatic nitrogens is 2. The van der Waals surface area contributed by atoms with Gasteiger partial charge in [0.2, 0.25) is 15.9 Å². The van der Waals surface area contributed by atoms with Crippen LogP contribution in [0.4, 0.5) is 4.39 Å². The van der Waals surface area contributed by atoms with Crippen molar-refractivity contribution >= 4 is 15.9 Å². The van der Waals surface area contributed by atoms with Crippen LogP contribution in [0, 0.1) is 12.7 Å². The molecular formula is C30H38FN5O3S. The summed E-state index contributed by atoms with van der Waals surface area (Å²) in [5.74, 6) is -0.680. The van der Waals surface area contributed by atoms with Gasteiger partial charge in [-0.3, -0.25) is 4.79 Å². The van der Waals surface area contributed by atoms with Crippen LogP contribution in [-0.4, -0.2) is 47.8 Å². The van der Waals surface area contributed by atoms with Crippen LogP contribution in [0.3, 0.4) is 0 Å². The van der Waals surface area contributed by atoms with E-state index in [1.807, 2.05) is 19.1 Å². The van der Waals surface area contributed by atoms with Crippen LogP contribution in [0.2, 0.25) is 0 Å². The van der Waals surface area contributed by atoms with Gasteiger partial charge in [0.05, 0.1) is 23.7 Å². The number of benzene rings is 2. The lowest BCUT2D eigenvalue weighted by atomic mass is 10.0. The first-order chi connectivity index (χ1) is 19.0. The van der Waals surface area contributed by atoms with Crippen LogP contribution in [0.1, 0.15) is 62.5 Å². The van der Waals surface area contributed by atoms with Crippen LogP contribution in [0.5, 0.6) is 0 Å². The first-order valence-electron chi connectivity index (χ1n) is 13.6. The fourth-order valence-corrected chi connectivity index (χ4v) is 6.41. The van der Waals surface area contributed by atoms with Gasteiger partial charge in [-0.1, -0.05) is 43.0 Å². The number of sulfonamides is 1. The number of H-pyrrole nitrogens is 1. The fourth-order valence-electron chi connectivity index (χ4n) is 5.08. The third-order valence-electron chi connectivity index (χ3n) is 7.27. The molecule has 1 saturated heterocycles. The van der Waals surface area contributed by atoms with Gasteiger partial charge in [0, 0.05) is 30.3 Å². The summed E-state index contributed by atoms with van der Waals surface area (Å²) in [6.45, 7) is 10.7. The topological polar surface area (TPSA) is 107 Å². The molecule has 3 N–H and O–H groups in total. The predicted octanol–water partition coefficient (Wildman–Crippen LogP) is 4.97. The number of likely N-dealkylation sites (tertiary alicyclic amines) is 1. The number of carbonyl (C=O) groups excluding carboxylic acids is 1. The molecule has 1 aromatic heterocycles. The summed E-state index contributed by atoms with van der Waals surface area (Å²) in [6.07, 6.45) is 4.84. The van der Waals surface area contributed by atoms with E-state index in [1.165, 1.54) is 12.3 Å². The zero-order chi connectivity index (χ0) is 28.9. The number of aromatic amines is 1. The average molecular weight is 568 g/mol. The lowest BCUT2D eigenvalue weighted by molar-refractivity contribution is -0.123. The van der Waals surface area contributed by atoms with E-state index < -0.39 is 28.0 Å². The molecule has 0 aliphatic carbocycles. The number of halogens is 1. The Morgan fingerprint density at radius 1 is 1.23 bits per heavy atom. The Balaban J connectivity index is 1.50. The number of nitrogens with zero attached hydrogens (tertiary/aromatic N) is 2. The number of amides is 1. The quantitative estimate of drug-likeness (QED) is 0.303. The van der Waals surface area contributed by atoms with Crippen LogP contribution >= 0.6 is 0 Å².